The molecule has 0 fully saturated rings. The normalized spacial score (nSPS) is 14.6. The maximum Gasteiger partial charge on any atom is 0.0771 e. The van der Waals surface area contributed by atoms with Crippen molar-refractivity contribution in [3.8, 4) is 5.69 Å². The number of rotatable bonds is 2. The van der Waals surface area contributed by atoms with Crippen LogP contribution >= 0.6 is 12.6 Å². The lowest BCUT2D eigenvalue weighted by atomic mass is 9.96. The molecule has 0 spiro atoms. The van der Waals surface area contributed by atoms with Crippen LogP contribution in [0.3, 0.4) is 0 Å². The Morgan fingerprint density at radius 1 is 1.12 bits per heavy atom. The van der Waals surface area contributed by atoms with Crippen molar-refractivity contribution in [3.05, 3.63) is 47.3 Å². The van der Waals surface area contributed by atoms with Crippen molar-refractivity contribution in [2.24, 2.45) is 0 Å². The lowest BCUT2D eigenvalue weighted by molar-refractivity contribution is 0.653. The van der Waals surface area contributed by atoms with Crippen molar-refractivity contribution in [1.29, 1.82) is 0 Å². The first-order valence-corrected chi connectivity index (χ1v) is 6.71. The smallest absolute Gasteiger partial charge is 0.0771 e. The number of hydrogen-bond acceptors (Lipinski definition) is 1. The Balaban J connectivity index is 2.14. The molecule has 1 aliphatic carbocycles. The van der Waals surface area contributed by atoms with Crippen LogP contribution in [0.15, 0.2) is 30.3 Å². The van der Waals surface area contributed by atoms with Crippen LogP contribution in [-0.4, -0.2) is 9.78 Å². The summed E-state index contributed by atoms with van der Waals surface area (Å²) in [5, 5.41) is 4.69. The first-order chi connectivity index (χ1) is 8.40. The van der Waals surface area contributed by atoms with E-state index in [2.05, 4.69) is 28.9 Å². The summed E-state index contributed by atoms with van der Waals surface area (Å²) in [6.45, 7) is 0. The molecule has 1 heterocycles. The fourth-order valence-electron chi connectivity index (χ4n) is 2.57. The van der Waals surface area contributed by atoms with Gasteiger partial charge in [0.05, 0.1) is 11.4 Å². The second-order valence-electron chi connectivity index (χ2n) is 4.47. The fourth-order valence-corrected chi connectivity index (χ4v) is 2.81. The summed E-state index contributed by atoms with van der Waals surface area (Å²) >= 11 is 5.19. The summed E-state index contributed by atoms with van der Waals surface area (Å²) < 4.78 is 2.09. The standard InChI is InChI=1S/C14H15N2S/c17-10-13-12-8-4-5-9-14(12)16(15-13)11-6-2-1-3-7-11/h1-3,6-7H,4-5,8-10H2. The minimum atomic E-state index is 0.627. The van der Waals surface area contributed by atoms with Gasteiger partial charge in [-0.25, -0.2) is 4.68 Å². The number of benzene rings is 1. The Kier molecular flexibility index (Phi) is 2.93. The number of hydrogen-bond donors (Lipinski definition) is 0. The number of para-hydroxylation sites is 1. The summed E-state index contributed by atoms with van der Waals surface area (Å²) in [5.41, 5.74) is 5.05. The van der Waals surface area contributed by atoms with Gasteiger partial charge >= 0.3 is 0 Å². The molecule has 2 nitrogen and oxygen atoms in total. The van der Waals surface area contributed by atoms with E-state index >= 15 is 0 Å². The van der Waals surface area contributed by atoms with Crippen LogP contribution < -0.4 is 0 Å². The van der Waals surface area contributed by atoms with E-state index in [0.717, 1.165) is 24.2 Å². The average Bonchev–Trinajstić information content (AvgIpc) is 2.78. The Morgan fingerprint density at radius 2 is 1.88 bits per heavy atom. The van der Waals surface area contributed by atoms with Crippen LogP contribution in [0.25, 0.3) is 5.69 Å². The molecule has 1 radical (unpaired) electrons. The van der Waals surface area contributed by atoms with E-state index in [1.165, 1.54) is 24.1 Å². The Labute approximate surface area is 107 Å². The molecule has 0 N–H and O–H groups in total. The van der Waals surface area contributed by atoms with Gasteiger partial charge < -0.3 is 0 Å². The molecule has 3 heteroatoms. The van der Waals surface area contributed by atoms with Crippen LogP contribution in [0, 0.1) is 0 Å². The summed E-state index contributed by atoms with van der Waals surface area (Å²) in [6.07, 6.45) is 4.82. The molecule has 1 aromatic heterocycles. The number of fused-ring (bicyclic) bond motifs is 1. The SMILES string of the molecule is [S]Cc1nn(-c2ccccc2)c2c1CCCC2. The molecule has 0 amide bonds. The zero-order valence-corrected chi connectivity index (χ0v) is 10.5. The van der Waals surface area contributed by atoms with Gasteiger partial charge in [0.25, 0.3) is 0 Å². The predicted molar refractivity (Wildman–Crippen MR) is 71.5 cm³/mol. The lowest BCUT2D eigenvalue weighted by Gasteiger charge is -2.14. The molecule has 3 rings (SSSR count). The Bertz CT molecular complexity index is 517. The van der Waals surface area contributed by atoms with Crippen molar-refractivity contribution in [2.75, 3.05) is 0 Å². The van der Waals surface area contributed by atoms with Crippen LogP contribution in [0.1, 0.15) is 29.8 Å². The van der Waals surface area contributed by atoms with E-state index in [4.69, 9.17) is 17.7 Å². The average molecular weight is 243 g/mol. The van der Waals surface area contributed by atoms with Crippen LogP contribution in [0.2, 0.25) is 0 Å². The van der Waals surface area contributed by atoms with E-state index in [0.29, 0.717) is 5.75 Å². The molecule has 0 atom stereocenters. The molecule has 0 bridgehead atoms. The molecule has 87 valence electrons. The molecule has 0 aliphatic heterocycles. The fraction of sp³-hybridized carbons (Fsp3) is 0.357. The highest BCUT2D eigenvalue weighted by Crippen LogP contribution is 2.27. The van der Waals surface area contributed by atoms with Crippen LogP contribution in [-0.2, 0) is 18.6 Å². The molecule has 1 aliphatic rings. The van der Waals surface area contributed by atoms with Crippen molar-refractivity contribution in [3.63, 3.8) is 0 Å². The zero-order valence-electron chi connectivity index (χ0n) is 9.72. The topological polar surface area (TPSA) is 17.8 Å². The number of nitrogens with zero attached hydrogens (tertiary/aromatic N) is 2. The molecule has 0 unspecified atom stereocenters. The maximum absolute atomic E-state index is 5.19. The quantitative estimate of drug-likeness (QED) is 0.790. The minimum absolute atomic E-state index is 0.627. The van der Waals surface area contributed by atoms with Crippen molar-refractivity contribution in [1.82, 2.24) is 9.78 Å². The van der Waals surface area contributed by atoms with Gasteiger partial charge in [0.15, 0.2) is 0 Å². The van der Waals surface area contributed by atoms with Gasteiger partial charge in [0, 0.05) is 11.4 Å². The van der Waals surface area contributed by atoms with E-state index in [-0.39, 0.29) is 0 Å². The highest BCUT2D eigenvalue weighted by atomic mass is 32.1. The minimum Gasteiger partial charge on any atom is -0.237 e. The summed E-state index contributed by atoms with van der Waals surface area (Å²) in [6, 6.07) is 10.4. The van der Waals surface area contributed by atoms with E-state index in [9.17, 15) is 0 Å². The Morgan fingerprint density at radius 3 is 2.65 bits per heavy atom. The first-order valence-electron chi connectivity index (χ1n) is 6.13. The third kappa shape index (κ3) is 1.89. The molecule has 0 saturated carbocycles. The number of aromatic nitrogens is 2. The van der Waals surface area contributed by atoms with Gasteiger partial charge in [0.1, 0.15) is 0 Å². The van der Waals surface area contributed by atoms with Crippen molar-refractivity contribution >= 4 is 12.6 Å². The zero-order chi connectivity index (χ0) is 11.7. The molecular formula is C14H15N2S. The highest BCUT2D eigenvalue weighted by Gasteiger charge is 2.20. The van der Waals surface area contributed by atoms with Gasteiger partial charge in [-0.1, -0.05) is 30.8 Å². The third-order valence-electron chi connectivity index (χ3n) is 3.40. The van der Waals surface area contributed by atoms with Gasteiger partial charge in [0.2, 0.25) is 0 Å². The van der Waals surface area contributed by atoms with E-state index in [1.54, 1.807) is 0 Å². The summed E-state index contributed by atoms with van der Waals surface area (Å²) in [7, 11) is 0. The van der Waals surface area contributed by atoms with Gasteiger partial charge in [-0.15, -0.1) is 0 Å². The third-order valence-corrected chi connectivity index (χ3v) is 3.67. The van der Waals surface area contributed by atoms with E-state index < -0.39 is 0 Å². The van der Waals surface area contributed by atoms with Crippen LogP contribution in [0.5, 0.6) is 0 Å². The lowest BCUT2D eigenvalue weighted by Crippen LogP contribution is -2.07. The Hall–Kier alpha value is -1.22. The molecule has 0 saturated heterocycles. The van der Waals surface area contributed by atoms with Crippen molar-refractivity contribution in [2.45, 2.75) is 31.4 Å². The second-order valence-corrected chi connectivity index (χ2v) is 4.76. The first kappa shape index (κ1) is 10.9. The largest absolute Gasteiger partial charge is 0.237 e. The van der Waals surface area contributed by atoms with Crippen molar-refractivity contribution < 1.29 is 0 Å². The van der Waals surface area contributed by atoms with Gasteiger partial charge in [-0.2, -0.15) is 5.10 Å². The highest BCUT2D eigenvalue weighted by molar-refractivity contribution is 7.79. The van der Waals surface area contributed by atoms with E-state index in [1.807, 2.05) is 6.07 Å². The predicted octanol–water partition coefficient (Wildman–Crippen LogP) is 3.45. The molecule has 17 heavy (non-hydrogen) atoms. The monoisotopic (exact) mass is 243 g/mol. The van der Waals surface area contributed by atoms with Gasteiger partial charge in [-0.3, -0.25) is 0 Å². The summed E-state index contributed by atoms with van der Waals surface area (Å²) in [4.78, 5) is 0. The van der Waals surface area contributed by atoms with Crippen LogP contribution in [0.4, 0.5) is 0 Å². The van der Waals surface area contributed by atoms with Gasteiger partial charge in [-0.05, 0) is 43.4 Å². The summed E-state index contributed by atoms with van der Waals surface area (Å²) in [5.74, 6) is 0.627. The maximum atomic E-state index is 5.19. The molecule has 1 aromatic carbocycles. The second kappa shape index (κ2) is 4.57. The molecule has 2 aromatic rings. The molecular weight excluding hydrogens is 228 g/mol.